The lowest BCUT2D eigenvalue weighted by atomic mass is 10.2. The highest BCUT2D eigenvalue weighted by Crippen LogP contribution is 2.20. The molecular formula is C19H22O4. The molecule has 2 aromatic carbocycles. The first-order valence-corrected chi connectivity index (χ1v) is 7.83. The number of benzene rings is 2. The first-order chi connectivity index (χ1) is 11.2. The van der Waals surface area contributed by atoms with Gasteiger partial charge in [0.05, 0.1) is 6.61 Å². The summed E-state index contributed by atoms with van der Waals surface area (Å²) in [6.07, 6.45) is -0.0171. The summed E-state index contributed by atoms with van der Waals surface area (Å²) in [5, 5.41) is 0. The van der Waals surface area contributed by atoms with Crippen LogP contribution in [0.2, 0.25) is 0 Å². The molecule has 23 heavy (non-hydrogen) atoms. The summed E-state index contributed by atoms with van der Waals surface area (Å²) in [5.74, 6) is 1.04. The molecule has 4 heteroatoms. The summed E-state index contributed by atoms with van der Waals surface area (Å²) >= 11 is 0. The van der Waals surface area contributed by atoms with Gasteiger partial charge in [-0.3, -0.25) is 0 Å². The quantitative estimate of drug-likeness (QED) is 0.691. The van der Waals surface area contributed by atoms with Crippen molar-refractivity contribution in [2.45, 2.75) is 33.0 Å². The topological polar surface area (TPSA) is 44.8 Å². The maximum Gasteiger partial charge on any atom is 0.347 e. The van der Waals surface area contributed by atoms with Crippen LogP contribution in [0.1, 0.15) is 25.8 Å². The van der Waals surface area contributed by atoms with Crippen molar-refractivity contribution in [2.75, 3.05) is 6.61 Å². The number of carbonyl (C=O) groups excluding carboxylic acids is 1. The molecule has 2 aromatic rings. The number of carbonyl (C=O) groups is 1. The SMILES string of the molecule is CCOC(=O)[C@@H](CC)Oc1ccc(OCc2ccccc2)cc1. The predicted molar refractivity (Wildman–Crippen MR) is 88.6 cm³/mol. The monoisotopic (exact) mass is 314 g/mol. The van der Waals surface area contributed by atoms with Gasteiger partial charge >= 0.3 is 5.97 Å². The van der Waals surface area contributed by atoms with E-state index in [1.807, 2.05) is 49.4 Å². The lowest BCUT2D eigenvalue weighted by molar-refractivity contribution is -0.151. The van der Waals surface area contributed by atoms with E-state index < -0.39 is 6.10 Å². The van der Waals surface area contributed by atoms with Crippen molar-refractivity contribution in [2.24, 2.45) is 0 Å². The number of hydrogen-bond donors (Lipinski definition) is 0. The zero-order valence-corrected chi connectivity index (χ0v) is 13.5. The van der Waals surface area contributed by atoms with E-state index in [4.69, 9.17) is 14.2 Å². The van der Waals surface area contributed by atoms with Gasteiger partial charge in [0.15, 0.2) is 6.10 Å². The molecule has 0 aliphatic carbocycles. The molecule has 0 unspecified atom stereocenters. The molecule has 4 nitrogen and oxygen atoms in total. The highest BCUT2D eigenvalue weighted by atomic mass is 16.6. The zero-order valence-electron chi connectivity index (χ0n) is 13.5. The normalized spacial score (nSPS) is 11.6. The van der Waals surface area contributed by atoms with E-state index in [0.29, 0.717) is 25.4 Å². The molecule has 0 heterocycles. The van der Waals surface area contributed by atoms with Crippen LogP contribution in [0.3, 0.4) is 0 Å². The second-order valence-corrected chi connectivity index (χ2v) is 5.01. The summed E-state index contributed by atoms with van der Waals surface area (Å²) in [4.78, 5) is 11.7. The Balaban J connectivity index is 1.89. The van der Waals surface area contributed by atoms with Crippen LogP contribution < -0.4 is 9.47 Å². The average Bonchev–Trinajstić information content (AvgIpc) is 2.60. The number of hydrogen-bond acceptors (Lipinski definition) is 4. The van der Waals surface area contributed by atoms with Crippen LogP contribution >= 0.6 is 0 Å². The molecule has 0 N–H and O–H groups in total. The fourth-order valence-corrected chi connectivity index (χ4v) is 2.05. The summed E-state index contributed by atoms with van der Waals surface area (Å²) in [6, 6.07) is 17.2. The molecule has 122 valence electrons. The molecular weight excluding hydrogens is 292 g/mol. The minimum atomic E-state index is -0.578. The third-order valence-electron chi connectivity index (χ3n) is 3.27. The summed E-state index contributed by atoms with van der Waals surface area (Å²) in [7, 11) is 0. The molecule has 0 spiro atoms. The van der Waals surface area contributed by atoms with E-state index in [-0.39, 0.29) is 5.97 Å². The number of rotatable bonds is 8. The average molecular weight is 314 g/mol. The van der Waals surface area contributed by atoms with Crippen molar-refractivity contribution < 1.29 is 19.0 Å². The van der Waals surface area contributed by atoms with E-state index in [0.717, 1.165) is 11.3 Å². The molecule has 0 saturated heterocycles. The van der Waals surface area contributed by atoms with Crippen molar-refractivity contribution in [3.8, 4) is 11.5 Å². The smallest absolute Gasteiger partial charge is 0.347 e. The Hall–Kier alpha value is -2.49. The van der Waals surface area contributed by atoms with E-state index in [1.54, 1.807) is 19.1 Å². The van der Waals surface area contributed by atoms with Gasteiger partial charge in [-0.05, 0) is 43.2 Å². The van der Waals surface area contributed by atoms with Gasteiger partial charge in [-0.25, -0.2) is 4.79 Å². The number of esters is 1. The maximum atomic E-state index is 11.7. The van der Waals surface area contributed by atoms with E-state index in [2.05, 4.69) is 0 Å². The molecule has 0 radical (unpaired) electrons. The molecule has 0 aliphatic rings. The molecule has 0 aliphatic heterocycles. The maximum absolute atomic E-state index is 11.7. The van der Waals surface area contributed by atoms with Gasteiger partial charge in [0.2, 0.25) is 0 Å². The van der Waals surface area contributed by atoms with Crippen LogP contribution in [0.25, 0.3) is 0 Å². The Bertz CT molecular complexity index is 593. The molecule has 2 rings (SSSR count). The third-order valence-corrected chi connectivity index (χ3v) is 3.27. The standard InChI is InChI=1S/C19H22O4/c1-3-18(19(20)21-4-2)23-17-12-10-16(11-13-17)22-14-15-8-6-5-7-9-15/h5-13,18H,3-4,14H2,1-2H3/t18-/m1/s1. The molecule has 0 saturated carbocycles. The van der Waals surface area contributed by atoms with Crippen LogP contribution in [0.15, 0.2) is 54.6 Å². The molecule has 1 atom stereocenters. The van der Waals surface area contributed by atoms with Crippen LogP contribution in [0.4, 0.5) is 0 Å². The van der Waals surface area contributed by atoms with Gasteiger partial charge in [-0.15, -0.1) is 0 Å². The summed E-state index contributed by atoms with van der Waals surface area (Å²) in [5.41, 5.74) is 1.11. The van der Waals surface area contributed by atoms with Crippen molar-refractivity contribution in [3.05, 3.63) is 60.2 Å². The van der Waals surface area contributed by atoms with Gasteiger partial charge in [-0.2, -0.15) is 0 Å². The zero-order chi connectivity index (χ0) is 16.5. The van der Waals surface area contributed by atoms with Crippen LogP contribution in [-0.4, -0.2) is 18.7 Å². The van der Waals surface area contributed by atoms with Gasteiger partial charge in [0.25, 0.3) is 0 Å². The molecule has 0 amide bonds. The van der Waals surface area contributed by atoms with Crippen LogP contribution in [-0.2, 0) is 16.1 Å². The Labute approximate surface area is 137 Å². The van der Waals surface area contributed by atoms with Gasteiger partial charge in [-0.1, -0.05) is 37.3 Å². The first kappa shape index (κ1) is 16.9. The lowest BCUT2D eigenvalue weighted by Crippen LogP contribution is -2.28. The Morgan fingerprint density at radius 3 is 2.22 bits per heavy atom. The van der Waals surface area contributed by atoms with Gasteiger partial charge in [0, 0.05) is 0 Å². The van der Waals surface area contributed by atoms with Crippen LogP contribution in [0, 0.1) is 0 Å². The lowest BCUT2D eigenvalue weighted by Gasteiger charge is -2.16. The minimum Gasteiger partial charge on any atom is -0.489 e. The van der Waals surface area contributed by atoms with Crippen molar-refractivity contribution in [1.29, 1.82) is 0 Å². The fourth-order valence-electron chi connectivity index (χ4n) is 2.05. The van der Waals surface area contributed by atoms with Gasteiger partial charge < -0.3 is 14.2 Å². The Kier molecular flexibility index (Phi) is 6.48. The van der Waals surface area contributed by atoms with Crippen molar-refractivity contribution in [1.82, 2.24) is 0 Å². The molecule has 0 aromatic heterocycles. The van der Waals surface area contributed by atoms with Gasteiger partial charge in [0.1, 0.15) is 18.1 Å². The molecule has 0 fully saturated rings. The van der Waals surface area contributed by atoms with Crippen molar-refractivity contribution in [3.63, 3.8) is 0 Å². The van der Waals surface area contributed by atoms with E-state index in [9.17, 15) is 4.79 Å². The predicted octanol–water partition coefficient (Wildman–Crippen LogP) is 3.99. The van der Waals surface area contributed by atoms with Crippen LogP contribution in [0.5, 0.6) is 11.5 Å². The summed E-state index contributed by atoms with van der Waals surface area (Å²) in [6.45, 7) is 4.54. The highest BCUT2D eigenvalue weighted by molar-refractivity contribution is 5.75. The second-order valence-electron chi connectivity index (χ2n) is 5.01. The second kappa shape index (κ2) is 8.83. The Morgan fingerprint density at radius 1 is 0.957 bits per heavy atom. The summed E-state index contributed by atoms with van der Waals surface area (Å²) < 4.78 is 16.4. The fraction of sp³-hybridized carbons (Fsp3) is 0.316. The Morgan fingerprint density at radius 2 is 1.61 bits per heavy atom. The number of ether oxygens (including phenoxy) is 3. The minimum absolute atomic E-state index is 0.334. The van der Waals surface area contributed by atoms with E-state index in [1.165, 1.54) is 0 Å². The highest BCUT2D eigenvalue weighted by Gasteiger charge is 2.19. The third kappa shape index (κ3) is 5.33. The van der Waals surface area contributed by atoms with Crippen molar-refractivity contribution >= 4 is 5.97 Å². The largest absolute Gasteiger partial charge is 0.489 e. The molecule has 0 bridgehead atoms. The first-order valence-electron chi connectivity index (χ1n) is 7.83. The van der Waals surface area contributed by atoms with E-state index >= 15 is 0 Å².